The van der Waals surface area contributed by atoms with E-state index in [2.05, 4.69) is 21.2 Å². The molecule has 0 saturated heterocycles. The van der Waals surface area contributed by atoms with Crippen LogP contribution >= 0.6 is 15.9 Å². The van der Waals surface area contributed by atoms with E-state index in [1.165, 1.54) is 24.1 Å². The number of hydrogen-bond acceptors (Lipinski definition) is 5. The minimum absolute atomic E-state index is 0.0378. The number of amides is 2. The second-order valence-corrected chi connectivity index (χ2v) is 11.7. The van der Waals surface area contributed by atoms with Crippen LogP contribution in [0.5, 0.6) is 5.75 Å². The molecule has 0 saturated carbocycles. The second kappa shape index (κ2) is 13.6. The van der Waals surface area contributed by atoms with Crippen LogP contribution in [0, 0.1) is 6.92 Å². The summed E-state index contributed by atoms with van der Waals surface area (Å²) in [5.74, 6) is -0.234. The van der Waals surface area contributed by atoms with Gasteiger partial charge in [-0.3, -0.25) is 13.9 Å². The van der Waals surface area contributed by atoms with Gasteiger partial charge >= 0.3 is 0 Å². The average molecular weight is 617 g/mol. The van der Waals surface area contributed by atoms with Crippen molar-refractivity contribution in [3.05, 3.63) is 88.4 Å². The maximum atomic E-state index is 13.9. The number of benzene rings is 3. The first-order valence-electron chi connectivity index (χ1n) is 12.7. The Morgan fingerprint density at radius 1 is 0.949 bits per heavy atom. The van der Waals surface area contributed by atoms with E-state index in [9.17, 15) is 18.0 Å². The summed E-state index contributed by atoms with van der Waals surface area (Å²) in [6.07, 6.45) is 0.361. The molecule has 3 aromatic carbocycles. The maximum Gasteiger partial charge on any atom is 0.264 e. The molecular formula is C29H34BrN3O5S. The van der Waals surface area contributed by atoms with Crippen LogP contribution in [0.4, 0.5) is 5.69 Å². The number of rotatable bonds is 12. The van der Waals surface area contributed by atoms with Gasteiger partial charge in [0.1, 0.15) is 18.3 Å². The highest BCUT2D eigenvalue weighted by Gasteiger charge is 2.33. The summed E-state index contributed by atoms with van der Waals surface area (Å²) in [6, 6.07) is 19.7. The Bertz CT molecular complexity index is 1360. The number of ether oxygens (including phenoxy) is 1. The van der Waals surface area contributed by atoms with Crippen LogP contribution in [0.1, 0.15) is 31.4 Å². The largest absolute Gasteiger partial charge is 0.494 e. The third kappa shape index (κ3) is 7.60. The molecule has 0 aliphatic heterocycles. The highest BCUT2D eigenvalue weighted by molar-refractivity contribution is 9.10. The molecule has 0 heterocycles. The fourth-order valence-corrected chi connectivity index (χ4v) is 5.79. The smallest absolute Gasteiger partial charge is 0.264 e. The Morgan fingerprint density at radius 2 is 1.56 bits per heavy atom. The summed E-state index contributed by atoms with van der Waals surface area (Å²) in [6.45, 7) is 5.76. The zero-order chi connectivity index (χ0) is 28.6. The van der Waals surface area contributed by atoms with Crippen molar-refractivity contribution in [1.29, 1.82) is 0 Å². The van der Waals surface area contributed by atoms with Crippen LogP contribution in [0.25, 0.3) is 0 Å². The lowest BCUT2D eigenvalue weighted by atomic mass is 10.1. The SMILES string of the molecule is CCOc1ccc(N(CC(=O)N(Cc2ccc(C)cc2)[C@@H](CC)C(=O)NC)S(=O)(=O)c2ccc(Br)cc2)cc1. The lowest BCUT2D eigenvalue weighted by Crippen LogP contribution is -2.51. The summed E-state index contributed by atoms with van der Waals surface area (Å²) >= 11 is 3.34. The fraction of sp³-hybridized carbons (Fsp3) is 0.310. The number of sulfonamides is 1. The Labute approximate surface area is 239 Å². The first kappa shape index (κ1) is 30.2. The first-order valence-corrected chi connectivity index (χ1v) is 14.9. The molecule has 0 bridgehead atoms. The van der Waals surface area contributed by atoms with E-state index in [4.69, 9.17) is 4.74 Å². The quantitative estimate of drug-likeness (QED) is 0.312. The lowest BCUT2D eigenvalue weighted by molar-refractivity contribution is -0.140. The summed E-state index contributed by atoms with van der Waals surface area (Å²) in [5.41, 5.74) is 2.20. The van der Waals surface area contributed by atoms with Crippen molar-refractivity contribution in [3.63, 3.8) is 0 Å². The maximum absolute atomic E-state index is 13.9. The Balaban J connectivity index is 2.05. The van der Waals surface area contributed by atoms with E-state index in [-0.39, 0.29) is 17.3 Å². The van der Waals surface area contributed by atoms with Gasteiger partial charge in [-0.25, -0.2) is 8.42 Å². The van der Waals surface area contributed by atoms with Crippen molar-refractivity contribution in [2.75, 3.05) is 24.5 Å². The fourth-order valence-electron chi connectivity index (χ4n) is 4.11. The molecule has 208 valence electrons. The monoisotopic (exact) mass is 615 g/mol. The van der Waals surface area contributed by atoms with Gasteiger partial charge < -0.3 is 15.0 Å². The van der Waals surface area contributed by atoms with Crippen LogP contribution in [-0.2, 0) is 26.2 Å². The summed E-state index contributed by atoms with van der Waals surface area (Å²) < 4.78 is 35.0. The molecular weight excluding hydrogens is 582 g/mol. The van der Waals surface area contributed by atoms with Crippen molar-refractivity contribution < 1.29 is 22.7 Å². The van der Waals surface area contributed by atoms with Crippen molar-refractivity contribution >= 4 is 43.5 Å². The number of anilines is 1. The van der Waals surface area contributed by atoms with Crippen LogP contribution in [0.2, 0.25) is 0 Å². The molecule has 39 heavy (non-hydrogen) atoms. The number of nitrogens with one attached hydrogen (secondary N) is 1. The van der Waals surface area contributed by atoms with Gasteiger partial charge in [0.15, 0.2) is 0 Å². The molecule has 2 amide bonds. The number of halogens is 1. The Hall–Kier alpha value is -3.37. The van der Waals surface area contributed by atoms with Gasteiger partial charge in [0.25, 0.3) is 10.0 Å². The number of nitrogens with zero attached hydrogens (tertiary/aromatic N) is 2. The number of carbonyl (C=O) groups is 2. The molecule has 0 unspecified atom stereocenters. The van der Waals surface area contributed by atoms with Gasteiger partial charge in [-0.1, -0.05) is 52.7 Å². The molecule has 0 aliphatic carbocycles. The molecule has 8 nitrogen and oxygen atoms in total. The normalized spacial score (nSPS) is 11.9. The number of carbonyl (C=O) groups excluding carboxylic acids is 2. The zero-order valence-electron chi connectivity index (χ0n) is 22.6. The van der Waals surface area contributed by atoms with Crippen LogP contribution in [0.3, 0.4) is 0 Å². The molecule has 0 aromatic heterocycles. The average Bonchev–Trinajstić information content (AvgIpc) is 2.93. The first-order chi connectivity index (χ1) is 18.6. The summed E-state index contributed by atoms with van der Waals surface area (Å²) in [5, 5.41) is 2.63. The molecule has 1 N–H and O–H groups in total. The van der Waals surface area contributed by atoms with Crippen LogP contribution in [0.15, 0.2) is 82.2 Å². The van der Waals surface area contributed by atoms with Crippen molar-refractivity contribution in [2.45, 2.75) is 44.7 Å². The van der Waals surface area contributed by atoms with E-state index in [1.54, 1.807) is 36.4 Å². The molecule has 1 atom stereocenters. The van der Waals surface area contributed by atoms with E-state index in [1.807, 2.05) is 45.0 Å². The highest BCUT2D eigenvalue weighted by Crippen LogP contribution is 2.27. The van der Waals surface area contributed by atoms with Crippen molar-refractivity contribution in [2.24, 2.45) is 0 Å². The Morgan fingerprint density at radius 3 is 2.10 bits per heavy atom. The van der Waals surface area contributed by atoms with Gasteiger partial charge in [0.2, 0.25) is 11.8 Å². The molecule has 10 heteroatoms. The van der Waals surface area contributed by atoms with Crippen molar-refractivity contribution in [3.8, 4) is 5.75 Å². The van der Waals surface area contributed by atoms with E-state index >= 15 is 0 Å². The second-order valence-electron chi connectivity index (χ2n) is 8.94. The molecule has 0 fully saturated rings. The van der Waals surface area contributed by atoms with Gasteiger partial charge in [0, 0.05) is 18.1 Å². The van der Waals surface area contributed by atoms with Crippen LogP contribution < -0.4 is 14.4 Å². The predicted octanol–water partition coefficient (Wildman–Crippen LogP) is 4.90. The van der Waals surface area contributed by atoms with Gasteiger partial charge in [0.05, 0.1) is 17.2 Å². The summed E-state index contributed by atoms with van der Waals surface area (Å²) in [7, 11) is -2.62. The minimum atomic E-state index is -4.14. The Kier molecular flexibility index (Phi) is 10.5. The molecule has 3 rings (SSSR count). The van der Waals surface area contributed by atoms with Crippen LogP contribution in [-0.4, -0.2) is 51.4 Å². The lowest BCUT2D eigenvalue weighted by Gasteiger charge is -2.33. The third-order valence-electron chi connectivity index (χ3n) is 6.22. The number of hydrogen-bond donors (Lipinski definition) is 1. The molecule has 3 aromatic rings. The highest BCUT2D eigenvalue weighted by atomic mass is 79.9. The number of likely N-dealkylation sites (N-methyl/N-ethyl adjacent to an activating group) is 1. The molecule has 0 radical (unpaired) electrons. The van der Waals surface area contributed by atoms with Crippen molar-refractivity contribution in [1.82, 2.24) is 10.2 Å². The summed E-state index contributed by atoms with van der Waals surface area (Å²) in [4.78, 5) is 28.2. The van der Waals surface area contributed by atoms with Gasteiger partial charge in [-0.05, 0) is 74.4 Å². The standard InChI is InChI=1S/C29H34BrN3O5S/c1-5-27(29(35)31-4)32(19-22-9-7-21(3)8-10-22)28(34)20-33(24-13-15-25(16-14-24)38-6-2)39(36,37)26-17-11-23(30)12-18-26/h7-18,27H,5-6,19-20H2,1-4H3,(H,31,35)/t27-/m0/s1. The topological polar surface area (TPSA) is 96.0 Å². The van der Waals surface area contributed by atoms with E-state index in [0.717, 1.165) is 19.9 Å². The van der Waals surface area contributed by atoms with Gasteiger partial charge in [-0.2, -0.15) is 0 Å². The minimum Gasteiger partial charge on any atom is -0.494 e. The predicted molar refractivity (Wildman–Crippen MR) is 156 cm³/mol. The van der Waals surface area contributed by atoms with Gasteiger partial charge in [-0.15, -0.1) is 0 Å². The number of aryl methyl sites for hydroxylation is 1. The third-order valence-corrected chi connectivity index (χ3v) is 8.54. The molecule has 0 spiro atoms. The zero-order valence-corrected chi connectivity index (χ0v) is 25.0. The molecule has 0 aliphatic rings. The van der Waals surface area contributed by atoms with E-state index < -0.39 is 28.5 Å². The van der Waals surface area contributed by atoms with E-state index in [0.29, 0.717) is 24.5 Å².